The van der Waals surface area contributed by atoms with Crippen molar-refractivity contribution >= 4 is 47.2 Å². The van der Waals surface area contributed by atoms with Crippen molar-refractivity contribution < 1.29 is 14.3 Å². The van der Waals surface area contributed by atoms with Crippen molar-refractivity contribution in [2.24, 2.45) is 11.7 Å². The van der Waals surface area contributed by atoms with Crippen molar-refractivity contribution in [2.45, 2.75) is 19.3 Å². The van der Waals surface area contributed by atoms with E-state index in [1.807, 2.05) is 47.4 Å². The molecule has 0 saturated heterocycles. The lowest BCUT2D eigenvalue weighted by Gasteiger charge is -2.32. The van der Waals surface area contributed by atoms with Crippen LogP contribution in [0.1, 0.15) is 17.5 Å². The molecular formula is C27H29Cl3N2O3. The highest BCUT2D eigenvalue weighted by molar-refractivity contribution is 6.37. The molecule has 0 aromatic heterocycles. The van der Waals surface area contributed by atoms with Gasteiger partial charge in [0.25, 0.3) is 0 Å². The van der Waals surface area contributed by atoms with Crippen LogP contribution in [0, 0.1) is 5.92 Å². The zero-order valence-electron chi connectivity index (χ0n) is 19.3. The molecule has 186 valence electrons. The number of para-hydroxylation sites is 2. The average Bonchev–Trinajstić information content (AvgIpc) is 2.86. The number of rotatable bonds is 9. The summed E-state index contributed by atoms with van der Waals surface area (Å²) >= 11 is 12.2. The fraction of sp³-hybridized carbons (Fsp3) is 0.296. The van der Waals surface area contributed by atoms with Gasteiger partial charge < -0.3 is 20.1 Å². The third-order valence-electron chi connectivity index (χ3n) is 5.93. The van der Waals surface area contributed by atoms with Gasteiger partial charge in [0.2, 0.25) is 5.91 Å². The summed E-state index contributed by atoms with van der Waals surface area (Å²) in [6, 6.07) is 21.1. The van der Waals surface area contributed by atoms with E-state index in [0.717, 1.165) is 36.4 Å². The molecule has 0 aliphatic carbocycles. The van der Waals surface area contributed by atoms with Crippen molar-refractivity contribution in [3.8, 4) is 11.5 Å². The van der Waals surface area contributed by atoms with Gasteiger partial charge in [0.05, 0.1) is 16.0 Å². The number of ether oxygens (including phenoxy) is 2. The zero-order valence-corrected chi connectivity index (χ0v) is 21.6. The van der Waals surface area contributed by atoms with Crippen LogP contribution in [0.5, 0.6) is 11.5 Å². The van der Waals surface area contributed by atoms with E-state index >= 15 is 0 Å². The van der Waals surface area contributed by atoms with Crippen molar-refractivity contribution in [1.29, 1.82) is 0 Å². The standard InChI is InChI=1S/C27H28Cl2N2O3.ClH/c28-23-7-3-8-24(29)26(23)34-16-15-33-22-12-10-19(11-13-22)17-21(18-30)27(32)31-14-4-6-20-5-1-2-9-25(20)31;/h1-3,5,7-13,21H,4,6,14-18,30H2;1H. The second kappa shape index (κ2) is 13.0. The predicted octanol–water partition coefficient (Wildman–Crippen LogP) is 5.97. The van der Waals surface area contributed by atoms with Crippen LogP contribution in [0.25, 0.3) is 0 Å². The summed E-state index contributed by atoms with van der Waals surface area (Å²) in [5, 5.41) is 0.933. The lowest BCUT2D eigenvalue weighted by Crippen LogP contribution is -2.42. The number of hydrogen-bond acceptors (Lipinski definition) is 4. The first kappa shape index (κ1) is 27.2. The molecule has 0 spiro atoms. The number of carbonyl (C=O) groups is 1. The SMILES string of the molecule is Cl.NCC(Cc1ccc(OCCOc2c(Cl)cccc2Cl)cc1)C(=O)N1CCCc2ccccc21. The highest BCUT2D eigenvalue weighted by Crippen LogP contribution is 2.32. The van der Waals surface area contributed by atoms with E-state index in [0.29, 0.717) is 42.0 Å². The van der Waals surface area contributed by atoms with E-state index in [4.69, 9.17) is 38.4 Å². The quantitative estimate of drug-likeness (QED) is 0.343. The van der Waals surface area contributed by atoms with E-state index in [9.17, 15) is 4.79 Å². The number of nitrogens with two attached hydrogens (primary N) is 1. The fourth-order valence-electron chi connectivity index (χ4n) is 4.18. The van der Waals surface area contributed by atoms with Gasteiger partial charge in [-0.1, -0.05) is 59.6 Å². The molecule has 3 aromatic carbocycles. The summed E-state index contributed by atoms with van der Waals surface area (Å²) in [7, 11) is 0. The Morgan fingerprint density at radius 2 is 1.63 bits per heavy atom. The third-order valence-corrected chi connectivity index (χ3v) is 6.53. The summed E-state index contributed by atoms with van der Waals surface area (Å²) in [5.74, 6) is 0.994. The molecule has 1 atom stereocenters. The minimum atomic E-state index is -0.272. The van der Waals surface area contributed by atoms with Crippen LogP contribution >= 0.6 is 35.6 Å². The Morgan fingerprint density at radius 1 is 0.943 bits per heavy atom. The topological polar surface area (TPSA) is 64.8 Å². The van der Waals surface area contributed by atoms with Gasteiger partial charge in [-0.15, -0.1) is 12.4 Å². The number of hydrogen-bond donors (Lipinski definition) is 1. The highest BCUT2D eigenvalue weighted by Gasteiger charge is 2.28. The molecule has 0 fully saturated rings. The first-order valence-corrected chi connectivity index (χ1v) is 12.2. The maximum absolute atomic E-state index is 13.3. The highest BCUT2D eigenvalue weighted by atomic mass is 35.5. The minimum Gasteiger partial charge on any atom is -0.490 e. The number of aryl methyl sites for hydroxylation is 1. The summed E-state index contributed by atoms with van der Waals surface area (Å²) in [4.78, 5) is 15.2. The number of fused-ring (bicyclic) bond motifs is 1. The van der Waals surface area contributed by atoms with Crippen LogP contribution in [-0.4, -0.2) is 32.2 Å². The van der Waals surface area contributed by atoms with Gasteiger partial charge >= 0.3 is 0 Å². The molecule has 4 rings (SSSR count). The first-order valence-electron chi connectivity index (χ1n) is 11.4. The number of benzene rings is 3. The third kappa shape index (κ3) is 6.83. The maximum Gasteiger partial charge on any atom is 0.231 e. The summed E-state index contributed by atoms with van der Waals surface area (Å²) in [6.07, 6.45) is 2.56. The van der Waals surface area contributed by atoms with Crippen molar-refractivity contribution in [2.75, 3.05) is 31.2 Å². The van der Waals surface area contributed by atoms with Crippen LogP contribution < -0.4 is 20.1 Å². The van der Waals surface area contributed by atoms with Gasteiger partial charge in [-0.2, -0.15) is 0 Å². The molecule has 2 N–H and O–H groups in total. The predicted molar refractivity (Wildman–Crippen MR) is 145 cm³/mol. The number of carbonyl (C=O) groups excluding carboxylic acids is 1. The van der Waals surface area contributed by atoms with Gasteiger partial charge in [-0.05, 0) is 60.7 Å². The first-order chi connectivity index (χ1) is 16.6. The molecule has 1 heterocycles. The molecule has 8 heteroatoms. The van der Waals surface area contributed by atoms with E-state index in [-0.39, 0.29) is 24.2 Å². The summed E-state index contributed by atoms with van der Waals surface area (Å²) < 4.78 is 11.4. The lowest BCUT2D eigenvalue weighted by molar-refractivity contribution is -0.122. The Balaban J connectivity index is 0.00000342. The van der Waals surface area contributed by atoms with Gasteiger partial charge in [0, 0.05) is 18.8 Å². The molecule has 0 radical (unpaired) electrons. The number of amides is 1. The molecule has 1 unspecified atom stereocenters. The Morgan fingerprint density at radius 3 is 2.34 bits per heavy atom. The Kier molecular flexibility index (Phi) is 10.1. The molecule has 0 saturated carbocycles. The van der Waals surface area contributed by atoms with Gasteiger partial charge in [0.1, 0.15) is 19.0 Å². The van der Waals surface area contributed by atoms with Crippen molar-refractivity contribution in [1.82, 2.24) is 0 Å². The van der Waals surface area contributed by atoms with E-state index in [1.54, 1.807) is 18.2 Å². The normalized spacial score (nSPS) is 13.4. The van der Waals surface area contributed by atoms with Crippen LogP contribution in [0.3, 0.4) is 0 Å². The largest absolute Gasteiger partial charge is 0.490 e. The summed E-state index contributed by atoms with van der Waals surface area (Å²) in [6.45, 7) is 1.70. The molecule has 1 aliphatic rings. The molecule has 3 aromatic rings. The fourth-order valence-corrected chi connectivity index (χ4v) is 4.69. The van der Waals surface area contributed by atoms with E-state index < -0.39 is 0 Å². The monoisotopic (exact) mass is 534 g/mol. The summed E-state index contributed by atoms with van der Waals surface area (Å²) in [5.41, 5.74) is 9.30. The van der Waals surface area contributed by atoms with Crippen LogP contribution in [-0.2, 0) is 17.6 Å². The van der Waals surface area contributed by atoms with Crippen LogP contribution in [0.15, 0.2) is 66.7 Å². The van der Waals surface area contributed by atoms with Crippen molar-refractivity contribution in [3.63, 3.8) is 0 Å². The number of anilines is 1. The Labute approximate surface area is 222 Å². The number of nitrogens with zero attached hydrogens (tertiary/aromatic N) is 1. The van der Waals surface area contributed by atoms with E-state index in [1.165, 1.54) is 5.56 Å². The maximum atomic E-state index is 13.3. The van der Waals surface area contributed by atoms with Crippen LogP contribution in [0.4, 0.5) is 5.69 Å². The molecule has 5 nitrogen and oxygen atoms in total. The molecule has 0 bridgehead atoms. The van der Waals surface area contributed by atoms with Crippen LogP contribution in [0.2, 0.25) is 10.0 Å². The Hall–Kier alpha value is -2.44. The Bertz CT molecular complexity index is 1100. The molecular weight excluding hydrogens is 507 g/mol. The van der Waals surface area contributed by atoms with Gasteiger partial charge in [-0.3, -0.25) is 4.79 Å². The lowest BCUT2D eigenvalue weighted by atomic mass is 9.95. The second-order valence-corrected chi connectivity index (χ2v) is 9.06. The average molecular weight is 536 g/mol. The van der Waals surface area contributed by atoms with E-state index in [2.05, 4.69) is 6.07 Å². The minimum absolute atomic E-state index is 0. The second-order valence-electron chi connectivity index (χ2n) is 8.25. The van der Waals surface area contributed by atoms with Gasteiger partial charge in [-0.25, -0.2) is 0 Å². The molecule has 1 amide bonds. The van der Waals surface area contributed by atoms with Gasteiger partial charge in [0.15, 0.2) is 5.75 Å². The zero-order chi connectivity index (χ0) is 23.9. The number of halogens is 3. The molecule has 35 heavy (non-hydrogen) atoms. The molecule has 1 aliphatic heterocycles. The van der Waals surface area contributed by atoms with Crippen molar-refractivity contribution in [3.05, 3.63) is 87.9 Å². The smallest absolute Gasteiger partial charge is 0.231 e.